The zero-order valence-corrected chi connectivity index (χ0v) is 9.05. The first kappa shape index (κ1) is 10.7. The van der Waals surface area contributed by atoms with Gasteiger partial charge in [-0.3, -0.25) is 9.69 Å². The van der Waals surface area contributed by atoms with E-state index in [-0.39, 0.29) is 12.0 Å². The molecule has 1 heterocycles. The van der Waals surface area contributed by atoms with Crippen molar-refractivity contribution < 1.29 is 4.79 Å². The number of ketones is 1. The second-order valence-corrected chi connectivity index (χ2v) is 4.33. The fourth-order valence-corrected chi connectivity index (χ4v) is 1.97. The molecule has 2 nitrogen and oxygen atoms in total. The van der Waals surface area contributed by atoms with Crippen LogP contribution in [-0.4, -0.2) is 29.8 Å². The van der Waals surface area contributed by atoms with Crippen LogP contribution in [0.15, 0.2) is 0 Å². The van der Waals surface area contributed by atoms with Gasteiger partial charge in [-0.2, -0.15) is 0 Å². The first-order valence-corrected chi connectivity index (χ1v) is 5.40. The van der Waals surface area contributed by atoms with Gasteiger partial charge in [-0.25, -0.2) is 0 Å². The maximum atomic E-state index is 11.7. The largest absolute Gasteiger partial charge is 0.298 e. The van der Waals surface area contributed by atoms with Crippen molar-refractivity contribution in [1.29, 1.82) is 0 Å². The van der Waals surface area contributed by atoms with E-state index in [4.69, 9.17) is 0 Å². The molecule has 0 saturated carbocycles. The molecule has 0 aromatic carbocycles. The summed E-state index contributed by atoms with van der Waals surface area (Å²) in [5, 5.41) is 0. The van der Waals surface area contributed by atoms with Crippen LogP contribution in [0, 0.1) is 5.92 Å². The lowest BCUT2D eigenvalue weighted by Gasteiger charge is -2.32. The van der Waals surface area contributed by atoms with E-state index in [1.54, 1.807) is 0 Å². The highest BCUT2D eigenvalue weighted by Gasteiger charge is 2.24. The summed E-state index contributed by atoms with van der Waals surface area (Å²) >= 11 is 0. The van der Waals surface area contributed by atoms with Crippen molar-refractivity contribution in [2.24, 2.45) is 5.92 Å². The summed E-state index contributed by atoms with van der Waals surface area (Å²) in [5.41, 5.74) is 0. The number of carbonyl (C=O) groups excluding carboxylic acids is 1. The first-order valence-electron chi connectivity index (χ1n) is 5.40. The monoisotopic (exact) mass is 183 g/mol. The summed E-state index contributed by atoms with van der Waals surface area (Å²) in [6.07, 6.45) is 3.85. The van der Waals surface area contributed by atoms with Crippen LogP contribution in [0.1, 0.15) is 40.0 Å². The number of likely N-dealkylation sites (tertiary alicyclic amines) is 1. The lowest BCUT2D eigenvalue weighted by Crippen LogP contribution is -2.43. The average molecular weight is 183 g/mol. The first-order chi connectivity index (χ1) is 6.13. The molecule has 1 rings (SSSR count). The smallest absolute Gasteiger partial charge is 0.152 e. The lowest BCUT2D eigenvalue weighted by molar-refractivity contribution is -0.127. The molecule has 0 N–H and O–H groups in total. The molecule has 0 aromatic heterocycles. The fourth-order valence-electron chi connectivity index (χ4n) is 1.97. The van der Waals surface area contributed by atoms with Gasteiger partial charge >= 0.3 is 0 Å². The Morgan fingerprint density at radius 3 is 2.08 bits per heavy atom. The molecular formula is C11H21NO. The van der Waals surface area contributed by atoms with Crippen LogP contribution in [0.2, 0.25) is 0 Å². The molecule has 0 unspecified atom stereocenters. The fraction of sp³-hybridized carbons (Fsp3) is 0.909. The summed E-state index contributed by atoms with van der Waals surface area (Å²) in [7, 11) is 0. The zero-order valence-electron chi connectivity index (χ0n) is 9.05. The second-order valence-electron chi connectivity index (χ2n) is 4.33. The van der Waals surface area contributed by atoms with Gasteiger partial charge in [0.2, 0.25) is 0 Å². The minimum absolute atomic E-state index is 0.139. The molecule has 13 heavy (non-hydrogen) atoms. The maximum absolute atomic E-state index is 11.7. The lowest BCUT2D eigenvalue weighted by atomic mass is 10.00. The highest BCUT2D eigenvalue weighted by molar-refractivity contribution is 5.85. The van der Waals surface area contributed by atoms with Gasteiger partial charge < -0.3 is 0 Å². The van der Waals surface area contributed by atoms with E-state index < -0.39 is 0 Å². The normalized spacial score (nSPS) is 21.8. The van der Waals surface area contributed by atoms with Crippen LogP contribution in [0.4, 0.5) is 0 Å². The van der Waals surface area contributed by atoms with E-state index in [0.717, 1.165) is 13.1 Å². The van der Waals surface area contributed by atoms with E-state index in [2.05, 4.69) is 4.90 Å². The Hall–Kier alpha value is -0.370. The third-order valence-electron chi connectivity index (χ3n) is 2.92. The average Bonchev–Trinajstić information content (AvgIpc) is 2.17. The molecule has 1 saturated heterocycles. The molecule has 1 atom stereocenters. The quantitative estimate of drug-likeness (QED) is 0.667. The zero-order chi connectivity index (χ0) is 9.84. The maximum Gasteiger partial charge on any atom is 0.152 e. The Balaban J connectivity index is 2.45. The van der Waals surface area contributed by atoms with Crippen LogP contribution in [0.3, 0.4) is 0 Å². The molecule has 0 amide bonds. The Kier molecular flexibility index (Phi) is 3.91. The van der Waals surface area contributed by atoms with Crippen molar-refractivity contribution in [3.63, 3.8) is 0 Å². The van der Waals surface area contributed by atoms with Gasteiger partial charge in [0.25, 0.3) is 0 Å². The van der Waals surface area contributed by atoms with Gasteiger partial charge in [0, 0.05) is 5.92 Å². The number of nitrogens with zero attached hydrogens (tertiary/aromatic N) is 1. The number of Topliss-reactive ketones (excluding diaryl/α,β-unsaturated/α-hetero) is 1. The molecule has 2 heteroatoms. The summed E-state index contributed by atoms with van der Waals surface area (Å²) in [6.45, 7) is 8.25. The molecular weight excluding hydrogens is 162 g/mol. The number of hydrogen-bond acceptors (Lipinski definition) is 2. The molecule has 0 aliphatic carbocycles. The standard InChI is InChI=1S/C11H21NO/c1-9(2)11(13)10(3)12-7-5-4-6-8-12/h9-10H,4-8H2,1-3H3/t10-/m1/s1. The number of carbonyl (C=O) groups is 1. The van der Waals surface area contributed by atoms with Gasteiger partial charge in [0.15, 0.2) is 5.78 Å². The summed E-state index contributed by atoms with van der Waals surface area (Å²) in [4.78, 5) is 14.0. The predicted molar refractivity (Wildman–Crippen MR) is 54.7 cm³/mol. The van der Waals surface area contributed by atoms with Crippen LogP contribution >= 0.6 is 0 Å². The third-order valence-corrected chi connectivity index (χ3v) is 2.92. The highest BCUT2D eigenvalue weighted by Crippen LogP contribution is 2.14. The second kappa shape index (κ2) is 4.75. The topological polar surface area (TPSA) is 20.3 Å². The Bertz CT molecular complexity index is 171. The Morgan fingerprint density at radius 2 is 1.62 bits per heavy atom. The minimum Gasteiger partial charge on any atom is -0.298 e. The van der Waals surface area contributed by atoms with Crippen molar-refractivity contribution in [2.45, 2.75) is 46.1 Å². The van der Waals surface area contributed by atoms with Crippen LogP contribution in [0.5, 0.6) is 0 Å². The molecule has 0 bridgehead atoms. The highest BCUT2D eigenvalue weighted by atomic mass is 16.1. The van der Waals surface area contributed by atoms with E-state index in [0.29, 0.717) is 5.78 Å². The van der Waals surface area contributed by atoms with E-state index in [1.165, 1.54) is 19.3 Å². The van der Waals surface area contributed by atoms with E-state index in [1.807, 2.05) is 20.8 Å². The van der Waals surface area contributed by atoms with Crippen molar-refractivity contribution in [3.05, 3.63) is 0 Å². The molecule has 0 spiro atoms. The predicted octanol–water partition coefficient (Wildman–Crippen LogP) is 2.09. The summed E-state index contributed by atoms with van der Waals surface area (Å²) in [6, 6.07) is 0.139. The third kappa shape index (κ3) is 2.80. The van der Waals surface area contributed by atoms with Crippen LogP contribution in [0.25, 0.3) is 0 Å². The Labute approximate surface area is 81.3 Å². The minimum atomic E-state index is 0.139. The number of rotatable bonds is 3. The van der Waals surface area contributed by atoms with Crippen LogP contribution in [-0.2, 0) is 4.79 Å². The van der Waals surface area contributed by atoms with Crippen molar-refractivity contribution in [1.82, 2.24) is 4.90 Å². The van der Waals surface area contributed by atoms with Crippen molar-refractivity contribution in [2.75, 3.05) is 13.1 Å². The summed E-state index contributed by atoms with van der Waals surface area (Å²) < 4.78 is 0. The Morgan fingerprint density at radius 1 is 1.08 bits per heavy atom. The number of hydrogen-bond donors (Lipinski definition) is 0. The van der Waals surface area contributed by atoms with Gasteiger partial charge in [0.05, 0.1) is 6.04 Å². The SMILES string of the molecule is CC(C)C(=O)[C@@H](C)N1CCCCC1. The van der Waals surface area contributed by atoms with Crippen molar-refractivity contribution >= 4 is 5.78 Å². The van der Waals surface area contributed by atoms with Gasteiger partial charge in [-0.05, 0) is 32.9 Å². The van der Waals surface area contributed by atoms with Gasteiger partial charge in [-0.15, -0.1) is 0 Å². The molecule has 1 aliphatic rings. The molecule has 0 aromatic rings. The molecule has 1 aliphatic heterocycles. The van der Waals surface area contributed by atoms with Crippen LogP contribution < -0.4 is 0 Å². The van der Waals surface area contributed by atoms with Gasteiger partial charge in [0.1, 0.15) is 0 Å². The molecule has 1 fully saturated rings. The van der Waals surface area contributed by atoms with Gasteiger partial charge in [-0.1, -0.05) is 20.3 Å². The molecule has 76 valence electrons. The van der Waals surface area contributed by atoms with E-state index >= 15 is 0 Å². The molecule has 0 radical (unpaired) electrons. The van der Waals surface area contributed by atoms with E-state index in [9.17, 15) is 4.79 Å². The number of piperidine rings is 1. The van der Waals surface area contributed by atoms with Crippen molar-refractivity contribution in [3.8, 4) is 0 Å². The summed E-state index contributed by atoms with van der Waals surface area (Å²) in [5.74, 6) is 0.568.